The Bertz CT molecular complexity index is 1270. The second-order valence-corrected chi connectivity index (χ2v) is 8.69. The van der Waals surface area contributed by atoms with Gasteiger partial charge in [-0.2, -0.15) is 5.10 Å². The van der Waals surface area contributed by atoms with Crippen LogP contribution in [0, 0.1) is 6.92 Å². The van der Waals surface area contributed by atoms with Crippen LogP contribution in [0.4, 0.5) is 5.69 Å². The lowest BCUT2D eigenvalue weighted by atomic mass is 10.1. The number of hydrogen-bond acceptors (Lipinski definition) is 5. The van der Waals surface area contributed by atoms with Gasteiger partial charge in [0.15, 0.2) is 0 Å². The maximum Gasteiger partial charge on any atom is 0.262 e. The first-order chi connectivity index (χ1) is 13.0. The lowest BCUT2D eigenvalue weighted by Crippen LogP contribution is -2.19. The van der Waals surface area contributed by atoms with Crippen molar-refractivity contribution >= 4 is 27.0 Å². The van der Waals surface area contributed by atoms with E-state index in [4.69, 9.17) is 4.98 Å². The van der Waals surface area contributed by atoms with Gasteiger partial charge in [-0.05, 0) is 13.0 Å². The number of nitrogens with one attached hydrogen (secondary N) is 1. The fourth-order valence-electron chi connectivity index (χ4n) is 3.23. The highest BCUT2D eigenvalue weighted by atomic mass is 32.2. The summed E-state index contributed by atoms with van der Waals surface area (Å²) in [6.07, 6.45) is 0. The van der Waals surface area contributed by atoms with Crippen LogP contribution in [0.3, 0.4) is 0 Å². The third kappa shape index (κ3) is 2.48. The van der Waals surface area contributed by atoms with Crippen LogP contribution in [0.2, 0.25) is 0 Å². The molecule has 1 N–H and O–H groups in total. The lowest BCUT2D eigenvalue weighted by Gasteiger charge is -2.19. The van der Waals surface area contributed by atoms with Gasteiger partial charge in [0.25, 0.3) is 10.0 Å². The minimum absolute atomic E-state index is 0.249. The molecular weight excluding hydrogens is 380 g/mol. The molecule has 0 radical (unpaired) electrons. The van der Waals surface area contributed by atoms with Crippen LogP contribution < -0.4 is 4.72 Å². The van der Waals surface area contributed by atoms with Gasteiger partial charge in [-0.3, -0.25) is 4.72 Å². The van der Waals surface area contributed by atoms with Crippen molar-refractivity contribution in [3.63, 3.8) is 0 Å². The van der Waals surface area contributed by atoms with Crippen molar-refractivity contribution in [2.24, 2.45) is 0 Å². The smallest absolute Gasteiger partial charge is 0.262 e. The van der Waals surface area contributed by atoms with Crippen molar-refractivity contribution in [1.82, 2.24) is 14.8 Å². The second-order valence-electron chi connectivity index (χ2n) is 6.20. The number of benzene rings is 2. The number of aryl methyl sites for hydroxylation is 1. The summed E-state index contributed by atoms with van der Waals surface area (Å²) in [5.74, 6) is 0. The van der Waals surface area contributed by atoms with Crippen molar-refractivity contribution in [3.05, 3.63) is 65.7 Å². The number of nitrogens with zero attached hydrogens (tertiary/aromatic N) is 3. The quantitative estimate of drug-likeness (QED) is 0.556. The molecule has 3 heterocycles. The van der Waals surface area contributed by atoms with Gasteiger partial charge in [0.05, 0.1) is 22.0 Å². The van der Waals surface area contributed by atoms with Crippen LogP contribution in [0.5, 0.6) is 0 Å². The van der Waals surface area contributed by atoms with Gasteiger partial charge < -0.3 is 0 Å². The highest BCUT2D eigenvalue weighted by Gasteiger charge is 2.33. The molecule has 4 aromatic rings. The Labute approximate surface area is 160 Å². The molecule has 2 aromatic carbocycles. The molecule has 0 unspecified atom stereocenters. The molecule has 2 aromatic heterocycles. The van der Waals surface area contributed by atoms with Crippen molar-refractivity contribution in [2.75, 3.05) is 4.72 Å². The molecule has 27 heavy (non-hydrogen) atoms. The summed E-state index contributed by atoms with van der Waals surface area (Å²) in [5.41, 5.74) is 4.35. The Morgan fingerprint density at radius 3 is 2.59 bits per heavy atom. The maximum atomic E-state index is 12.6. The van der Waals surface area contributed by atoms with Crippen LogP contribution in [0.25, 0.3) is 27.6 Å². The third-order valence-electron chi connectivity index (χ3n) is 4.47. The highest BCUT2D eigenvalue weighted by molar-refractivity contribution is 7.93. The second kappa shape index (κ2) is 5.77. The van der Waals surface area contributed by atoms with E-state index in [1.165, 1.54) is 11.3 Å². The number of thiazole rings is 1. The van der Waals surface area contributed by atoms with Gasteiger partial charge in [0.1, 0.15) is 5.69 Å². The fourth-order valence-corrected chi connectivity index (χ4v) is 5.35. The monoisotopic (exact) mass is 394 g/mol. The van der Waals surface area contributed by atoms with E-state index >= 15 is 0 Å². The number of fused-ring (bicyclic) bond motifs is 3. The summed E-state index contributed by atoms with van der Waals surface area (Å²) in [5, 5.41) is 7.24. The number of sulfonamides is 1. The largest absolute Gasteiger partial charge is 0.275 e. The first kappa shape index (κ1) is 16.2. The molecule has 5 rings (SSSR count). The van der Waals surface area contributed by atoms with Crippen LogP contribution in [0.1, 0.15) is 5.69 Å². The molecule has 0 atom stereocenters. The molecule has 1 aliphatic heterocycles. The normalized spacial score (nSPS) is 14.3. The van der Waals surface area contributed by atoms with E-state index in [2.05, 4.69) is 9.82 Å². The first-order valence-electron chi connectivity index (χ1n) is 8.28. The Morgan fingerprint density at radius 2 is 1.78 bits per heavy atom. The lowest BCUT2D eigenvalue weighted by molar-refractivity contribution is 0.601. The first-order valence-corrected chi connectivity index (χ1v) is 10.6. The number of anilines is 1. The Kier molecular flexibility index (Phi) is 3.46. The zero-order valence-electron chi connectivity index (χ0n) is 14.2. The van der Waals surface area contributed by atoms with E-state index in [-0.39, 0.29) is 4.90 Å². The van der Waals surface area contributed by atoms with Crippen LogP contribution >= 0.6 is 11.3 Å². The standard InChI is InChI=1S/C19H14N4O2S2/c1-12-17-18(14-9-5-6-10-16(14)27(24,25)22-17)23(21-12)19-20-15(11-26-19)13-7-3-2-4-8-13/h2-11,22H,1H3. The van der Waals surface area contributed by atoms with E-state index < -0.39 is 10.0 Å². The summed E-state index contributed by atoms with van der Waals surface area (Å²) in [7, 11) is -3.60. The minimum Gasteiger partial charge on any atom is -0.275 e. The Morgan fingerprint density at radius 1 is 1.04 bits per heavy atom. The topological polar surface area (TPSA) is 76.9 Å². The Balaban J connectivity index is 1.71. The molecule has 0 saturated carbocycles. The van der Waals surface area contributed by atoms with Crippen LogP contribution in [0.15, 0.2) is 64.9 Å². The molecule has 0 bridgehead atoms. The summed E-state index contributed by atoms with van der Waals surface area (Å²) in [6.45, 7) is 1.79. The maximum absolute atomic E-state index is 12.6. The van der Waals surface area contributed by atoms with Crippen molar-refractivity contribution in [3.8, 4) is 27.6 Å². The minimum atomic E-state index is -3.60. The molecule has 6 nitrogen and oxygen atoms in total. The third-order valence-corrected chi connectivity index (χ3v) is 6.70. The fraction of sp³-hybridized carbons (Fsp3) is 0.0526. The summed E-state index contributed by atoms with van der Waals surface area (Å²) >= 11 is 1.47. The molecule has 134 valence electrons. The molecule has 0 amide bonds. The summed E-state index contributed by atoms with van der Waals surface area (Å²) in [6, 6.07) is 16.9. The predicted octanol–water partition coefficient (Wildman–Crippen LogP) is 4.09. The van der Waals surface area contributed by atoms with E-state index in [0.717, 1.165) is 11.3 Å². The van der Waals surface area contributed by atoms with E-state index in [1.54, 1.807) is 29.8 Å². The predicted molar refractivity (Wildman–Crippen MR) is 106 cm³/mol. The van der Waals surface area contributed by atoms with Crippen molar-refractivity contribution in [1.29, 1.82) is 0 Å². The van der Waals surface area contributed by atoms with Gasteiger partial charge in [-0.1, -0.05) is 48.5 Å². The highest BCUT2D eigenvalue weighted by Crippen LogP contribution is 2.42. The molecule has 0 aliphatic carbocycles. The van der Waals surface area contributed by atoms with Crippen molar-refractivity contribution < 1.29 is 8.42 Å². The SMILES string of the molecule is Cc1nn(-c2nc(-c3ccccc3)cs2)c2c1NS(=O)(=O)c1ccccc1-2. The number of aromatic nitrogens is 3. The molecular formula is C19H14N4O2S2. The molecule has 8 heteroatoms. The van der Waals surface area contributed by atoms with Gasteiger partial charge in [-0.15, -0.1) is 11.3 Å². The van der Waals surface area contributed by atoms with E-state index in [1.807, 2.05) is 41.8 Å². The van der Waals surface area contributed by atoms with Gasteiger partial charge in [0, 0.05) is 16.5 Å². The van der Waals surface area contributed by atoms with Gasteiger partial charge in [-0.25, -0.2) is 18.1 Å². The summed E-state index contributed by atoms with van der Waals surface area (Å²) < 4.78 is 29.5. The molecule has 1 aliphatic rings. The zero-order valence-corrected chi connectivity index (χ0v) is 15.9. The molecule has 0 saturated heterocycles. The van der Waals surface area contributed by atoms with Gasteiger partial charge >= 0.3 is 0 Å². The average Bonchev–Trinajstić information content (AvgIpc) is 3.28. The van der Waals surface area contributed by atoms with Crippen molar-refractivity contribution in [2.45, 2.75) is 11.8 Å². The number of rotatable bonds is 2. The van der Waals surface area contributed by atoms with E-state index in [9.17, 15) is 8.42 Å². The molecule has 0 fully saturated rings. The Hall–Kier alpha value is -2.97. The zero-order chi connectivity index (χ0) is 18.6. The molecule has 0 spiro atoms. The van der Waals surface area contributed by atoms with Gasteiger partial charge in [0.2, 0.25) is 5.13 Å². The average molecular weight is 394 g/mol. The van der Waals surface area contributed by atoms with Crippen LogP contribution in [-0.4, -0.2) is 23.2 Å². The van der Waals surface area contributed by atoms with Crippen LogP contribution in [-0.2, 0) is 10.0 Å². The summed E-state index contributed by atoms with van der Waals surface area (Å²) in [4.78, 5) is 4.97. The van der Waals surface area contributed by atoms with E-state index in [0.29, 0.717) is 27.8 Å². The number of hydrogen-bond donors (Lipinski definition) is 1.